The summed E-state index contributed by atoms with van der Waals surface area (Å²) >= 11 is 6.02. The molecular formula is C21H13ClF3N3O. The van der Waals surface area contributed by atoms with Gasteiger partial charge in [0.1, 0.15) is 0 Å². The van der Waals surface area contributed by atoms with Crippen LogP contribution in [-0.4, -0.2) is 15.5 Å². The summed E-state index contributed by atoms with van der Waals surface area (Å²) in [4.78, 5) is 16.2. The molecule has 0 atom stereocenters. The third kappa shape index (κ3) is 3.69. The van der Waals surface area contributed by atoms with Crippen LogP contribution >= 0.6 is 11.6 Å². The van der Waals surface area contributed by atoms with Crippen LogP contribution in [0.1, 0.15) is 16.2 Å². The second-order valence-corrected chi connectivity index (χ2v) is 6.65. The first-order valence-corrected chi connectivity index (χ1v) is 8.93. The molecule has 1 amide bonds. The highest BCUT2D eigenvalue weighted by molar-refractivity contribution is 6.34. The smallest absolute Gasteiger partial charge is 0.322 e. The number of fused-ring (bicyclic) bond motifs is 1. The highest BCUT2D eigenvalue weighted by atomic mass is 35.5. The van der Waals surface area contributed by atoms with Crippen molar-refractivity contribution in [3.05, 3.63) is 89.2 Å². The van der Waals surface area contributed by atoms with Gasteiger partial charge in [0.15, 0.2) is 0 Å². The van der Waals surface area contributed by atoms with Crippen molar-refractivity contribution in [3.8, 4) is 5.69 Å². The second-order valence-electron chi connectivity index (χ2n) is 6.24. The van der Waals surface area contributed by atoms with Gasteiger partial charge in [0.2, 0.25) is 5.82 Å². The fourth-order valence-electron chi connectivity index (χ4n) is 3.03. The van der Waals surface area contributed by atoms with Crippen molar-refractivity contribution >= 4 is 34.2 Å². The monoisotopic (exact) mass is 415 g/mol. The molecule has 0 bridgehead atoms. The van der Waals surface area contributed by atoms with E-state index < -0.39 is 17.9 Å². The highest BCUT2D eigenvalue weighted by Gasteiger charge is 2.38. The maximum atomic E-state index is 13.6. The van der Waals surface area contributed by atoms with Crippen molar-refractivity contribution < 1.29 is 18.0 Å². The summed E-state index contributed by atoms with van der Waals surface area (Å²) in [6.45, 7) is 0. The Labute approximate surface area is 168 Å². The van der Waals surface area contributed by atoms with Gasteiger partial charge in [-0.1, -0.05) is 41.9 Å². The van der Waals surface area contributed by atoms with Gasteiger partial charge < -0.3 is 5.32 Å². The van der Waals surface area contributed by atoms with Crippen molar-refractivity contribution in [2.45, 2.75) is 6.18 Å². The largest absolute Gasteiger partial charge is 0.450 e. The maximum absolute atomic E-state index is 13.6. The molecule has 8 heteroatoms. The molecule has 0 saturated heterocycles. The van der Waals surface area contributed by atoms with E-state index in [1.165, 1.54) is 18.2 Å². The molecule has 0 unspecified atom stereocenters. The van der Waals surface area contributed by atoms with Crippen LogP contribution in [0.15, 0.2) is 72.8 Å². The van der Waals surface area contributed by atoms with Crippen LogP contribution in [0.3, 0.4) is 0 Å². The van der Waals surface area contributed by atoms with Gasteiger partial charge in [0.05, 0.1) is 21.6 Å². The van der Waals surface area contributed by atoms with Gasteiger partial charge in [-0.15, -0.1) is 0 Å². The van der Waals surface area contributed by atoms with E-state index in [-0.39, 0.29) is 21.6 Å². The van der Waals surface area contributed by atoms with Crippen molar-refractivity contribution in [3.63, 3.8) is 0 Å². The Kier molecular flexibility index (Phi) is 4.76. The number of aromatic nitrogens is 2. The Balaban J connectivity index is 1.77. The third-order valence-electron chi connectivity index (χ3n) is 4.30. The lowest BCUT2D eigenvalue weighted by molar-refractivity contribution is -0.145. The second kappa shape index (κ2) is 7.25. The number of amides is 1. The number of nitrogens with one attached hydrogen (secondary N) is 1. The van der Waals surface area contributed by atoms with Crippen LogP contribution in [0.25, 0.3) is 16.7 Å². The molecule has 29 heavy (non-hydrogen) atoms. The molecule has 0 radical (unpaired) electrons. The quantitative estimate of drug-likeness (QED) is 0.449. The summed E-state index contributed by atoms with van der Waals surface area (Å²) < 4.78 is 41.8. The molecule has 146 valence electrons. The molecule has 0 aliphatic carbocycles. The van der Waals surface area contributed by atoms with Crippen molar-refractivity contribution in [1.29, 1.82) is 0 Å². The molecule has 0 aliphatic rings. The lowest BCUT2D eigenvalue weighted by atomic mass is 10.2. The van der Waals surface area contributed by atoms with Gasteiger partial charge in [-0.05, 0) is 42.5 Å². The number of halogens is 4. The minimum absolute atomic E-state index is 0.109. The SMILES string of the molecule is O=C(Nc1ccc2c(c1)nc(C(F)(F)F)n2-c1ccccc1)c1ccccc1Cl. The number of rotatable bonds is 3. The number of carbonyl (C=O) groups is 1. The van der Waals surface area contributed by atoms with Crippen molar-refractivity contribution in [1.82, 2.24) is 9.55 Å². The zero-order valence-electron chi connectivity index (χ0n) is 14.7. The number of benzene rings is 3. The number of carbonyl (C=O) groups excluding carboxylic acids is 1. The van der Waals surface area contributed by atoms with E-state index in [9.17, 15) is 18.0 Å². The van der Waals surface area contributed by atoms with Crippen molar-refractivity contribution in [2.24, 2.45) is 0 Å². The molecule has 4 nitrogen and oxygen atoms in total. The first kappa shape index (κ1) is 19.0. The van der Waals surface area contributed by atoms with Gasteiger partial charge in [0, 0.05) is 11.4 Å². The number of hydrogen-bond acceptors (Lipinski definition) is 2. The van der Waals surface area contributed by atoms with Crippen LogP contribution in [0.4, 0.5) is 18.9 Å². The third-order valence-corrected chi connectivity index (χ3v) is 4.63. The number of anilines is 1. The fraction of sp³-hybridized carbons (Fsp3) is 0.0476. The van der Waals surface area contributed by atoms with Crippen molar-refractivity contribution in [2.75, 3.05) is 5.32 Å². The summed E-state index contributed by atoms with van der Waals surface area (Å²) in [6.07, 6.45) is -4.64. The summed E-state index contributed by atoms with van der Waals surface area (Å²) in [5, 5.41) is 2.92. The zero-order chi connectivity index (χ0) is 20.6. The zero-order valence-corrected chi connectivity index (χ0v) is 15.5. The number of imidazole rings is 1. The van der Waals surface area contributed by atoms with Crippen LogP contribution in [0.2, 0.25) is 5.02 Å². The van der Waals surface area contributed by atoms with Crippen LogP contribution in [0.5, 0.6) is 0 Å². The first-order valence-electron chi connectivity index (χ1n) is 8.55. The first-order chi connectivity index (χ1) is 13.8. The number of para-hydroxylation sites is 1. The van der Waals surface area contributed by atoms with Gasteiger partial charge in [0.25, 0.3) is 5.91 Å². The molecule has 3 aromatic carbocycles. The van der Waals surface area contributed by atoms with Gasteiger partial charge in [-0.3, -0.25) is 9.36 Å². The summed E-state index contributed by atoms with van der Waals surface area (Å²) in [5.41, 5.74) is 1.31. The Morgan fingerprint density at radius 2 is 1.66 bits per heavy atom. The minimum atomic E-state index is -4.64. The average molecular weight is 416 g/mol. The molecule has 1 N–H and O–H groups in total. The Morgan fingerprint density at radius 3 is 2.34 bits per heavy atom. The molecule has 4 aromatic rings. The van der Waals surface area contributed by atoms with Crippen LogP contribution < -0.4 is 5.32 Å². The Bertz CT molecular complexity index is 1200. The molecule has 4 rings (SSSR count). The van der Waals surface area contributed by atoms with E-state index >= 15 is 0 Å². The van der Waals surface area contributed by atoms with E-state index in [2.05, 4.69) is 10.3 Å². The maximum Gasteiger partial charge on any atom is 0.450 e. The number of nitrogens with zero attached hydrogens (tertiary/aromatic N) is 2. The highest BCUT2D eigenvalue weighted by Crippen LogP contribution is 2.34. The lowest BCUT2D eigenvalue weighted by Crippen LogP contribution is -2.13. The standard InChI is InChI=1S/C21H13ClF3N3O/c22-16-9-5-4-8-15(16)19(29)26-13-10-11-18-17(12-13)27-20(21(23,24)25)28(18)14-6-2-1-3-7-14/h1-12H,(H,26,29). The predicted molar refractivity (Wildman–Crippen MR) is 105 cm³/mol. The number of hydrogen-bond donors (Lipinski definition) is 1. The summed E-state index contributed by atoms with van der Waals surface area (Å²) in [5.74, 6) is -1.50. The molecule has 0 fully saturated rings. The molecule has 1 aromatic heterocycles. The minimum Gasteiger partial charge on any atom is -0.322 e. The van der Waals surface area contributed by atoms with Gasteiger partial charge in [-0.25, -0.2) is 4.98 Å². The average Bonchev–Trinajstić information content (AvgIpc) is 3.08. The molecular weight excluding hydrogens is 403 g/mol. The lowest BCUT2D eigenvalue weighted by Gasteiger charge is -2.11. The molecule has 0 aliphatic heterocycles. The topological polar surface area (TPSA) is 46.9 Å². The normalized spacial score (nSPS) is 11.6. The molecule has 0 spiro atoms. The predicted octanol–water partition coefficient (Wildman–Crippen LogP) is 5.95. The summed E-state index contributed by atoms with van der Waals surface area (Å²) in [6, 6.07) is 19.1. The van der Waals surface area contributed by atoms with Crippen LogP contribution in [-0.2, 0) is 6.18 Å². The van der Waals surface area contributed by atoms with Gasteiger partial charge in [-0.2, -0.15) is 13.2 Å². The van der Waals surface area contributed by atoms with E-state index in [1.807, 2.05) is 0 Å². The van der Waals surface area contributed by atoms with E-state index in [0.29, 0.717) is 11.4 Å². The van der Waals surface area contributed by atoms with E-state index in [4.69, 9.17) is 11.6 Å². The van der Waals surface area contributed by atoms with E-state index in [1.54, 1.807) is 54.6 Å². The van der Waals surface area contributed by atoms with Gasteiger partial charge >= 0.3 is 6.18 Å². The Hall–Kier alpha value is -3.32. The fourth-order valence-corrected chi connectivity index (χ4v) is 3.25. The Morgan fingerprint density at radius 1 is 0.966 bits per heavy atom. The van der Waals surface area contributed by atoms with E-state index in [0.717, 1.165) is 4.57 Å². The number of alkyl halides is 3. The molecule has 0 saturated carbocycles. The van der Waals surface area contributed by atoms with Crippen LogP contribution in [0, 0.1) is 0 Å². The molecule has 1 heterocycles. The summed E-state index contributed by atoms with van der Waals surface area (Å²) in [7, 11) is 0.